The van der Waals surface area contributed by atoms with Gasteiger partial charge in [0, 0.05) is 12.6 Å². The zero-order chi connectivity index (χ0) is 15.5. The maximum Gasteiger partial charge on any atom is 0.315 e. The van der Waals surface area contributed by atoms with E-state index < -0.39 is 5.97 Å². The quantitative estimate of drug-likeness (QED) is 0.723. The third-order valence-electron chi connectivity index (χ3n) is 5.44. The van der Waals surface area contributed by atoms with Crippen LogP contribution >= 0.6 is 0 Å². The first-order valence-corrected chi connectivity index (χ1v) is 8.54. The lowest BCUT2D eigenvalue weighted by Crippen LogP contribution is -2.44. The summed E-state index contributed by atoms with van der Waals surface area (Å²) in [6, 6.07) is -0.00993. The number of carboxylic acid groups (broad SMARTS) is 1. The van der Waals surface area contributed by atoms with Gasteiger partial charge in [0.2, 0.25) is 0 Å². The van der Waals surface area contributed by atoms with Crippen molar-refractivity contribution in [3.63, 3.8) is 0 Å². The minimum absolute atomic E-state index is 0.112. The Morgan fingerprint density at radius 1 is 1.09 bits per heavy atom. The molecule has 0 aromatic carbocycles. The minimum Gasteiger partial charge on any atom is -0.481 e. The molecule has 3 unspecified atom stereocenters. The summed E-state index contributed by atoms with van der Waals surface area (Å²) < 4.78 is 5.82. The molecule has 124 valence electrons. The highest BCUT2D eigenvalue weighted by molar-refractivity contribution is 5.74. The fourth-order valence-electron chi connectivity index (χ4n) is 4.14. The molecule has 22 heavy (non-hydrogen) atoms. The molecule has 1 saturated carbocycles. The lowest BCUT2D eigenvalue weighted by Gasteiger charge is -2.27. The van der Waals surface area contributed by atoms with Crippen molar-refractivity contribution < 1.29 is 19.4 Å². The highest BCUT2D eigenvalue weighted by Gasteiger charge is 2.40. The summed E-state index contributed by atoms with van der Waals surface area (Å²) in [6.07, 6.45) is 8.21. The average molecular weight is 310 g/mol. The second-order valence-electron chi connectivity index (χ2n) is 6.95. The number of carbonyl (C=O) groups excluding carboxylic acids is 1. The number of rotatable bonds is 5. The van der Waals surface area contributed by atoms with Crippen LogP contribution in [0.3, 0.4) is 0 Å². The Morgan fingerprint density at radius 3 is 2.45 bits per heavy atom. The normalized spacial score (nSPS) is 37.0. The number of ether oxygens (including phenoxy) is 1. The van der Waals surface area contributed by atoms with E-state index in [1.807, 2.05) is 0 Å². The van der Waals surface area contributed by atoms with Gasteiger partial charge in [0.15, 0.2) is 0 Å². The second-order valence-corrected chi connectivity index (χ2v) is 6.95. The predicted molar refractivity (Wildman–Crippen MR) is 80.5 cm³/mol. The van der Waals surface area contributed by atoms with Crippen LogP contribution in [0.1, 0.15) is 51.4 Å². The number of urea groups is 1. The molecule has 2 aliphatic heterocycles. The minimum atomic E-state index is -0.712. The predicted octanol–water partition coefficient (Wildman–Crippen LogP) is 1.89. The van der Waals surface area contributed by atoms with Crippen LogP contribution in [0.25, 0.3) is 0 Å². The molecule has 0 aromatic rings. The first-order valence-electron chi connectivity index (χ1n) is 8.54. The summed E-state index contributed by atoms with van der Waals surface area (Å²) >= 11 is 0. The van der Waals surface area contributed by atoms with E-state index in [9.17, 15) is 9.59 Å². The van der Waals surface area contributed by atoms with Crippen molar-refractivity contribution >= 4 is 12.0 Å². The molecular formula is C16H26N2O4. The number of amides is 2. The van der Waals surface area contributed by atoms with Crippen LogP contribution in [-0.4, -0.2) is 41.9 Å². The van der Waals surface area contributed by atoms with Crippen LogP contribution < -0.4 is 10.6 Å². The monoisotopic (exact) mass is 310 g/mol. The Hall–Kier alpha value is -1.30. The number of fused-ring (bicyclic) bond motifs is 2. The van der Waals surface area contributed by atoms with Crippen molar-refractivity contribution in [3.05, 3.63) is 0 Å². The molecule has 1 aliphatic carbocycles. The van der Waals surface area contributed by atoms with Gasteiger partial charge in [-0.3, -0.25) is 4.79 Å². The number of hydrogen-bond acceptors (Lipinski definition) is 3. The Kier molecular flexibility index (Phi) is 4.86. The lowest BCUT2D eigenvalue weighted by atomic mass is 9.86. The summed E-state index contributed by atoms with van der Waals surface area (Å²) in [6.45, 7) is 0.688. The van der Waals surface area contributed by atoms with Gasteiger partial charge in [0.1, 0.15) is 0 Å². The van der Waals surface area contributed by atoms with E-state index in [0.717, 1.165) is 25.7 Å². The number of hydrogen-bond donors (Lipinski definition) is 3. The smallest absolute Gasteiger partial charge is 0.315 e. The van der Waals surface area contributed by atoms with Gasteiger partial charge in [0.25, 0.3) is 0 Å². The molecule has 3 N–H and O–H groups in total. The third-order valence-corrected chi connectivity index (χ3v) is 5.44. The number of carboxylic acids is 1. The summed E-state index contributed by atoms with van der Waals surface area (Å²) in [7, 11) is 0. The maximum atomic E-state index is 11.9. The van der Waals surface area contributed by atoms with Gasteiger partial charge in [-0.2, -0.15) is 0 Å². The molecule has 2 heterocycles. The average Bonchev–Trinajstić information content (AvgIpc) is 3.10. The van der Waals surface area contributed by atoms with Gasteiger partial charge < -0.3 is 20.5 Å². The molecule has 2 saturated heterocycles. The third kappa shape index (κ3) is 3.72. The summed E-state index contributed by atoms with van der Waals surface area (Å²) in [4.78, 5) is 22.8. The Labute approximate surface area is 131 Å². The topological polar surface area (TPSA) is 87.7 Å². The van der Waals surface area contributed by atoms with E-state index in [0.29, 0.717) is 37.5 Å². The molecule has 3 fully saturated rings. The van der Waals surface area contributed by atoms with E-state index in [4.69, 9.17) is 9.84 Å². The SMILES string of the molecule is O=C(NCCC1CC2CCC1O2)NC1CCC(C(=O)O)CC1. The van der Waals surface area contributed by atoms with Crippen molar-refractivity contribution in [1.82, 2.24) is 10.6 Å². The standard InChI is InChI=1S/C16H26N2O4/c19-15(20)10-1-3-12(4-2-10)18-16(21)17-8-7-11-9-13-5-6-14(11)22-13/h10-14H,1-9H2,(H,19,20)(H2,17,18,21). The second kappa shape index (κ2) is 6.86. The van der Waals surface area contributed by atoms with Gasteiger partial charge in [-0.05, 0) is 57.3 Å². The van der Waals surface area contributed by atoms with Gasteiger partial charge in [-0.15, -0.1) is 0 Å². The number of aliphatic carboxylic acids is 1. The lowest BCUT2D eigenvalue weighted by molar-refractivity contribution is -0.142. The first-order chi connectivity index (χ1) is 10.6. The fourth-order valence-corrected chi connectivity index (χ4v) is 4.14. The van der Waals surface area contributed by atoms with Crippen molar-refractivity contribution in [2.45, 2.75) is 69.6 Å². The summed E-state index contributed by atoms with van der Waals surface area (Å²) in [5.41, 5.74) is 0. The van der Waals surface area contributed by atoms with E-state index >= 15 is 0 Å². The van der Waals surface area contributed by atoms with Crippen molar-refractivity contribution in [2.24, 2.45) is 11.8 Å². The Bertz CT molecular complexity index is 420. The highest BCUT2D eigenvalue weighted by Crippen LogP contribution is 2.40. The van der Waals surface area contributed by atoms with Crippen molar-refractivity contribution in [2.75, 3.05) is 6.54 Å². The summed E-state index contributed by atoms with van der Waals surface area (Å²) in [5, 5.41) is 14.9. The van der Waals surface area contributed by atoms with Crippen LogP contribution in [0.5, 0.6) is 0 Å². The zero-order valence-corrected chi connectivity index (χ0v) is 12.9. The van der Waals surface area contributed by atoms with Gasteiger partial charge in [0.05, 0.1) is 18.1 Å². The first kappa shape index (κ1) is 15.6. The molecule has 2 amide bonds. The molecule has 0 aromatic heterocycles. The van der Waals surface area contributed by atoms with Crippen LogP contribution in [0.15, 0.2) is 0 Å². The zero-order valence-electron chi connectivity index (χ0n) is 12.9. The molecule has 3 atom stereocenters. The van der Waals surface area contributed by atoms with Crippen molar-refractivity contribution in [3.8, 4) is 0 Å². The molecular weight excluding hydrogens is 284 g/mol. The van der Waals surface area contributed by atoms with E-state index in [2.05, 4.69) is 10.6 Å². The maximum absolute atomic E-state index is 11.9. The van der Waals surface area contributed by atoms with Gasteiger partial charge >= 0.3 is 12.0 Å². The van der Waals surface area contributed by atoms with Gasteiger partial charge in [-0.25, -0.2) is 4.79 Å². The van der Waals surface area contributed by atoms with Crippen LogP contribution in [0, 0.1) is 11.8 Å². The number of carbonyl (C=O) groups is 2. The van der Waals surface area contributed by atoms with E-state index in [1.54, 1.807) is 0 Å². The summed E-state index contributed by atoms with van der Waals surface area (Å²) in [5.74, 6) is -0.347. The molecule has 6 nitrogen and oxygen atoms in total. The molecule has 0 radical (unpaired) electrons. The largest absolute Gasteiger partial charge is 0.481 e. The highest BCUT2D eigenvalue weighted by atomic mass is 16.5. The molecule has 3 rings (SSSR count). The van der Waals surface area contributed by atoms with Crippen LogP contribution in [0.2, 0.25) is 0 Å². The van der Waals surface area contributed by atoms with E-state index in [-0.39, 0.29) is 18.0 Å². The molecule has 0 spiro atoms. The number of nitrogens with one attached hydrogen (secondary N) is 2. The Balaban J connectivity index is 1.29. The van der Waals surface area contributed by atoms with E-state index in [1.165, 1.54) is 12.8 Å². The molecule has 3 aliphatic rings. The van der Waals surface area contributed by atoms with Crippen LogP contribution in [-0.2, 0) is 9.53 Å². The fraction of sp³-hybridized carbons (Fsp3) is 0.875. The molecule has 2 bridgehead atoms. The van der Waals surface area contributed by atoms with Crippen molar-refractivity contribution in [1.29, 1.82) is 0 Å². The Morgan fingerprint density at radius 2 is 1.86 bits per heavy atom. The van der Waals surface area contributed by atoms with Gasteiger partial charge in [-0.1, -0.05) is 0 Å². The molecule has 6 heteroatoms. The van der Waals surface area contributed by atoms with Crippen LogP contribution in [0.4, 0.5) is 4.79 Å².